The number of hydrogen-bond donors (Lipinski definition) is 1. The summed E-state index contributed by atoms with van der Waals surface area (Å²) >= 11 is 1.77. The van der Waals surface area contributed by atoms with Crippen LogP contribution in [0.3, 0.4) is 0 Å². The van der Waals surface area contributed by atoms with Gasteiger partial charge in [-0.1, -0.05) is 19.9 Å². The number of nitrogens with zero attached hydrogens (tertiary/aromatic N) is 2. The van der Waals surface area contributed by atoms with Crippen molar-refractivity contribution in [1.29, 1.82) is 0 Å². The molecule has 1 fully saturated rings. The van der Waals surface area contributed by atoms with E-state index in [4.69, 9.17) is 14.2 Å². The van der Waals surface area contributed by atoms with Gasteiger partial charge in [0.1, 0.15) is 11.9 Å². The molecule has 0 bridgehead atoms. The highest BCUT2D eigenvalue weighted by atomic mass is 127. The van der Waals surface area contributed by atoms with E-state index in [2.05, 4.69) is 44.4 Å². The minimum absolute atomic E-state index is 0. The standard InChI is InChI=1S/C32H39N3O5S.HI/c1-3-24(4-2)39-32(37)40-31(10-5-6-20-38-25-13-11-23-12-14-30(36)33-27(23)22-25)35-18-16-34(17-19-35)28-8-7-9-29-26(28)15-21-41-29;/h7-9,11-15,21-22,24,31H,3-6,10,16-20H2,1-2H3,(H,33,36);1H. The zero-order valence-corrected chi connectivity index (χ0v) is 27.4. The molecule has 2 aromatic heterocycles. The van der Waals surface area contributed by atoms with Gasteiger partial charge in [0.25, 0.3) is 0 Å². The van der Waals surface area contributed by atoms with E-state index in [9.17, 15) is 9.59 Å². The van der Waals surface area contributed by atoms with E-state index in [0.717, 1.165) is 68.5 Å². The van der Waals surface area contributed by atoms with E-state index in [1.54, 1.807) is 17.4 Å². The zero-order valence-electron chi connectivity index (χ0n) is 24.3. The first-order valence-corrected chi connectivity index (χ1v) is 15.5. The summed E-state index contributed by atoms with van der Waals surface area (Å²) in [6.07, 6.45) is 2.82. The number of fused-ring (bicyclic) bond motifs is 2. The smallest absolute Gasteiger partial charge is 0.494 e. The lowest BCUT2D eigenvalue weighted by Crippen LogP contribution is -2.51. The number of piperazine rings is 1. The van der Waals surface area contributed by atoms with Gasteiger partial charge in [0.2, 0.25) is 5.56 Å². The lowest BCUT2D eigenvalue weighted by Gasteiger charge is -2.39. The summed E-state index contributed by atoms with van der Waals surface area (Å²) in [5.74, 6) is 0.720. The van der Waals surface area contributed by atoms with Gasteiger partial charge in [0.15, 0.2) is 6.23 Å². The largest absolute Gasteiger partial charge is 0.510 e. The number of anilines is 1. The van der Waals surface area contributed by atoms with E-state index in [0.29, 0.717) is 13.0 Å². The van der Waals surface area contributed by atoms with Crippen LogP contribution in [0.2, 0.25) is 0 Å². The number of hydrogen-bond acceptors (Lipinski definition) is 8. The average molecular weight is 706 g/mol. The van der Waals surface area contributed by atoms with E-state index in [-0.39, 0.29) is 41.9 Å². The highest BCUT2D eigenvalue weighted by molar-refractivity contribution is 14.0. The molecule has 0 saturated carbocycles. The van der Waals surface area contributed by atoms with Crippen LogP contribution in [0, 0.1) is 0 Å². The minimum Gasteiger partial charge on any atom is -0.494 e. The normalized spacial score (nSPS) is 14.6. The molecule has 0 aliphatic carbocycles. The predicted molar refractivity (Wildman–Crippen MR) is 181 cm³/mol. The lowest BCUT2D eigenvalue weighted by molar-refractivity contribution is -0.0662. The second-order valence-corrected chi connectivity index (χ2v) is 11.4. The molecule has 1 unspecified atom stereocenters. The third kappa shape index (κ3) is 8.17. The summed E-state index contributed by atoms with van der Waals surface area (Å²) in [5.41, 5.74) is 1.89. The first-order valence-electron chi connectivity index (χ1n) is 14.6. The van der Waals surface area contributed by atoms with E-state index >= 15 is 0 Å². The molecule has 1 aliphatic heterocycles. The predicted octanol–water partition coefficient (Wildman–Crippen LogP) is 7.40. The number of carbonyl (C=O) groups is 1. The van der Waals surface area contributed by atoms with Crippen LogP contribution >= 0.6 is 35.3 Å². The van der Waals surface area contributed by atoms with Crippen molar-refractivity contribution in [1.82, 2.24) is 9.88 Å². The van der Waals surface area contributed by atoms with Crippen molar-refractivity contribution < 1.29 is 19.0 Å². The molecular formula is C32H40IN3O5S. The molecule has 2 aromatic carbocycles. The van der Waals surface area contributed by atoms with Crippen molar-refractivity contribution >= 4 is 68.1 Å². The maximum atomic E-state index is 12.7. The first-order chi connectivity index (χ1) is 20.0. The summed E-state index contributed by atoms with van der Waals surface area (Å²) in [5, 5.41) is 4.40. The second kappa shape index (κ2) is 15.6. The summed E-state index contributed by atoms with van der Waals surface area (Å²) in [6, 6.07) is 17.7. The third-order valence-electron chi connectivity index (χ3n) is 7.75. The minimum atomic E-state index is -0.587. The van der Waals surface area contributed by atoms with Gasteiger partial charge in [-0.2, -0.15) is 0 Å². The molecule has 1 N–H and O–H groups in total. The van der Waals surface area contributed by atoms with Crippen LogP contribution in [0.1, 0.15) is 46.0 Å². The van der Waals surface area contributed by atoms with Gasteiger partial charge in [0, 0.05) is 54.1 Å². The van der Waals surface area contributed by atoms with Gasteiger partial charge in [-0.15, -0.1) is 35.3 Å². The van der Waals surface area contributed by atoms with Gasteiger partial charge >= 0.3 is 6.16 Å². The topological polar surface area (TPSA) is 84.1 Å². The van der Waals surface area contributed by atoms with Crippen LogP contribution in [0.4, 0.5) is 10.5 Å². The molecule has 3 heterocycles. The average Bonchev–Trinajstić information content (AvgIpc) is 3.48. The molecule has 1 aliphatic rings. The molecule has 4 aromatic rings. The van der Waals surface area contributed by atoms with Crippen LogP contribution in [0.5, 0.6) is 5.75 Å². The monoisotopic (exact) mass is 705 g/mol. The van der Waals surface area contributed by atoms with Crippen LogP contribution in [-0.2, 0) is 9.47 Å². The molecule has 5 rings (SSSR count). The number of halogens is 1. The van der Waals surface area contributed by atoms with E-state index in [1.807, 2.05) is 32.0 Å². The number of carbonyl (C=O) groups excluding carboxylic acids is 1. The van der Waals surface area contributed by atoms with Gasteiger partial charge in [0.05, 0.1) is 12.1 Å². The van der Waals surface area contributed by atoms with Gasteiger partial charge in [-0.05, 0) is 79.3 Å². The number of unbranched alkanes of at least 4 members (excludes halogenated alkanes) is 1. The first kappa shape index (κ1) is 32.1. The van der Waals surface area contributed by atoms with Gasteiger partial charge in [-0.3, -0.25) is 9.69 Å². The Balaban J connectivity index is 0.00000405. The quantitative estimate of drug-likeness (QED) is 0.0935. The summed E-state index contributed by atoms with van der Waals surface area (Å²) < 4.78 is 18.8. The number of thiophene rings is 1. The maximum Gasteiger partial charge on any atom is 0.510 e. The van der Waals surface area contributed by atoms with Crippen molar-refractivity contribution in [3.05, 3.63) is 70.3 Å². The van der Waals surface area contributed by atoms with Crippen LogP contribution in [-0.4, -0.2) is 61.2 Å². The lowest BCUT2D eigenvalue weighted by atomic mass is 10.1. The Kier molecular flexibility index (Phi) is 11.9. The Morgan fingerprint density at radius 3 is 2.55 bits per heavy atom. The summed E-state index contributed by atoms with van der Waals surface area (Å²) in [7, 11) is 0. The van der Waals surface area contributed by atoms with Crippen molar-refractivity contribution in [2.24, 2.45) is 0 Å². The van der Waals surface area contributed by atoms with Crippen molar-refractivity contribution in [2.45, 2.75) is 58.3 Å². The Bertz CT molecular complexity index is 1500. The highest BCUT2D eigenvalue weighted by Crippen LogP contribution is 2.31. The molecule has 0 radical (unpaired) electrons. The van der Waals surface area contributed by atoms with Crippen LogP contribution in [0.15, 0.2) is 64.8 Å². The van der Waals surface area contributed by atoms with Crippen molar-refractivity contribution in [3.8, 4) is 5.75 Å². The fourth-order valence-electron chi connectivity index (χ4n) is 5.38. The second-order valence-electron chi connectivity index (χ2n) is 10.4. The Labute approximate surface area is 268 Å². The molecule has 42 heavy (non-hydrogen) atoms. The number of pyridine rings is 1. The fraction of sp³-hybridized carbons (Fsp3) is 0.438. The molecule has 1 saturated heterocycles. The third-order valence-corrected chi connectivity index (χ3v) is 8.63. The Morgan fingerprint density at radius 1 is 0.976 bits per heavy atom. The molecular weight excluding hydrogens is 665 g/mol. The number of aromatic nitrogens is 1. The Morgan fingerprint density at radius 2 is 1.76 bits per heavy atom. The molecule has 1 atom stereocenters. The number of nitrogens with one attached hydrogen (secondary N) is 1. The number of aromatic amines is 1. The zero-order chi connectivity index (χ0) is 28.6. The fourth-order valence-corrected chi connectivity index (χ4v) is 6.19. The number of ether oxygens (including phenoxy) is 3. The number of rotatable bonds is 12. The molecule has 0 spiro atoms. The summed E-state index contributed by atoms with van der Waals surface area (Å²) in [6.45, 7) is 7.89. The number of benzene rings is 2. The SMILES string of the molecule is CCC(CC)OC(=O)OC(CCCCOc1ccc2ccc(=O)[nH]c2c1)N1CCN(c2cccc3sccc23)CC1.I. The molecule has 10 heteroatoms. The van der Waals surface area contributed by atoms with Crippen molar-refractivity contribution in [3.63, 3.8) is 0 Å². The van der Waals surface area contributed by atoms with E-state index < -0.39 is 6.16 Å². The van der Waals surface area contributed by atoms with Crippen LogP contribution in [0.25, 0.3) is 21.0 Å². The molecule has 0 amide bonds. The van der Waals surface area contributed by atoms with Gasteiger partial charge in [-0.25, -0.2) is 4.79 Å². The van der Waals surface area contributed by atoms with Crippen LogP contribution < -0.4 is 15.2 Å². The molecule has 226 valence electrons. The number of H-pyrrole nitrogens is 1. The van der Waals surface area contributed by atoms with Gasteiger partial charge < -0.3 is 24.1 Å². The van der Waals surface area contributed by atoms with Crippen molar-refractivity contribution in [2.75, 3.05) is 37.7 Å². The highest BCUT2D eigenvalue weighted by Gasteiger charge is 2.28. The van der Waals surface area contributed by atoms with E-state index in [1.165, 1.54) is 21.8 Å². The Hall–Kier alpha value is -2.83. The summed E-state index contributed by atoms with van der Waals surface area (Å²) in [4.78, 5) is 31.9. The maximum absolute atomic E-state index is 12.7. The molecule has 8 nitrogen and oxygen atoms in total.